The van der Waals surface area contributed by atoms with Crippen LogP contribution in [0, 0.1) is 0 Å². The maximum atomic E-state index is 11.4. The first kappa shape index (κ1) is 17.4. The number of benzene rings is 1. The second-order valence-corrected chi connectivity index (χ2v) is 7.64. The predicted molar refractivity (Wildman–Crippen MR) is 104 cm³/mol. The minimum Gasteiger partial charge on any atom is -0.457 e. The summed E-state index contributed by atoms with van der Waals surface area (Å²) < 4.78 is 8.45. The van der Waals surface area contributed by atoms with Crippen LogP contribution in [0.5, 0.6) is 0 Å². The smallest absolute Gasteiger partial charge is 0.217 e. The Morgan fingerprint density at radius 2 is 2.00 bits per heavy atom. The summed E-state index contributed by atoms with van der Waals surface area (Å²) in [5.74, 6) is 0.661. The Kier molecular flexibility index (Phi) is 4.67. The van der Waals surface area contributed by atoms with Gasteiger partial charge in [-0.05, 0) is 50.6 Å². The lowest BCUT2D eigenvalue weighted by Gasteiger charge is -2.33. The topological polar surface area (TPSA) is 64.4 Å². The van der Waals surface area contributed by atoms with E-state index in [9.17, 15) is 4.79 Å². The number of nitrogens with two attached hydrogens (primary N) is 1. The number of aromatic nitrogens is 1. The van der Waals surface area contributed by atoms with Crippen molar-refractivity contribution in [1.29, 1.82) is 0 Å². The largest absolute Gasteiger partial charge is 0.457 e. The van der Waals surface area contributed by atoms with Gasteiger partial charge in [-0.15, -0.1) is 0 Å². The number of primary amides is 1. The summed E-state index contributed by atoms with van der Waals surface area (Å²) in [5, 5.41) is 1.78. The molecular weight excluding hydrogens is 350 g/mol. The van der Waals surface area contributed by atoms with Gasteiger partial charge in [0, 0.05) is 29.9 Å². The monoisotopic (exact) mass is 373 g/mol. The van der Waals surface area contributed by atoms with Crippen molar-refractivity contribution in [2.24, 2.45) is 12.8 Å². The molecule has 0 radical (unpaired) electrons. The van der Waals surface area contributed by atoms with Gasteiger partial charge in [0.25, 0.3) is 0 Å². The second kappa shape index (κ2) is 6.97. The number of aryl methyl sites for hydroxylation is 1. The zero-order valence-corrected chi connectivity index (χ0v) is 15.8. The number of furan rings is 1. The third-order valence-electron chi connectivity index (χ3n) is 5.48. The molecule has 3 aromatic rings. The number of piperidine rings is 1. The first-order chi connectivity index (χ1) is 12.5. The third-order valence-corrected chi connectivity index (χ3v) is 5.72. The molecule has 0 spiro atoms. The van der Waals surface area contributed by atoms with Gasteiger partial charge in [-0.3, -0.25) is 9.69 Å². The van der Waals surface area contributed by atoms with Gasteiger partial charge >= 0.3 is 0 Å². The maximum absolute atomic E-state index is 11.4. The van der Waals surface area contributed by atoms with Gasteiger partial charge < -0.3 is 14.7 Å². The van der Waals surface area contributed by atoms with Crippen molar-refractivity contribution in [1.82, 2.24) is 9.47 Å². The van der Waals surface area contributed by atoms with Crippen LogP contribution in [0.4, 0.5) is 0 Å². The molecule has 1 unspecified atom stereocenters. The fourth-order valence-electron chi connectivity index (χ4n) is 4.12. The Morgan fingerprint density at radius 1 is 1.23 bits per heavy atom. The highest BCUT2D eigenvalue weighted by atomic mass is 35.5. The first-order valence-electron chi connectivity index (χ1n) is 9.24. The van der Waals surface area contributed by atoms with Crippen LogP contribution in [0.3, 0.4) is 0 Å². The van der Waals surface area contributed by atoms with Gasteiger partial charge in [-0.1, -0.05) is 18.0 Å². The molecule has 1 amide bonds. The normalized spacial score (nSPS) is 17.2. The summed E-state index contributed by atoms with van der Waals surface area (Å²) in [6.07, 6.45) is 4.71. The molecule has 0 bridgehead atoms. The predicted octanol–water partition coefficient (Wildman–Crippen LogP) is 4.37. The highest BCUT2D eigenvalue weighted by molar-refractivity contribution is 6.31. The molecule has 1 fully saturated rings. The second-order valence-electron chi connectivity index (χ2n) is 7.20. The molecule has 26 heavy (non-hydrogen) atoms. The van der Waals surface area contributed by atoms with E-state index in [2.05, 4.69) is 15.5 Å². The molecule has 1 aliphatic rings. The van der Waals surface area contributed by atoms with Gasteiger partial charge in [-0.25, -0.2) is 0 Å². The Bertz CT molecular complexity index is 953. The number of carbonyl (C=O) groups is 1. The molecule has 0 aliphatic carbocycles. The number of carbonyl (C=O) groups excluding carboxylic acids is 1. The van der Waals surface area contributed by atoms with Gasteiger partial charge in [0.15, 0.2) is 5.58 Å². The van der Waals surface area contributed by atoms with Crippen LogP contribution in [-0.4, -0.2) is 28.5 Å². The SMILES string of the molecule is Cn1c2cc(Cl)ccc2c2oc(C(CCC(N)=O)N3CCCCC3)cc21. The van der Waals surface area contributed by atoms with E-state index >= 15 is 0 Å². The lowest BCUT2D eigenvalue weighted by molar-refractivity contribution is -0.118. The molecule has 5 nitrogen and oxygen atoms in total. The molecule has 138 valence electrons. The van der Waals surface area contributed by atoms with E-state index in [1.54, 1.807) is 0 Å². The number of halogens is 1. The van der Waals surface area contributed by atoms with E-state index in [4.69, 9.17) is 21.8 Å². The average Bonchev–Trinajstić information content (AvgIpc) is 3.16. The maximum Gasteiger partial charge on any atom is 0.217 e. The quantitative estimate of drug-likeness (QED) is 0.722. The lowest BCUT2D eigenvalue weighted by Crippen LogP contribution is -2.34. The Hall–Kier alpha value is -1.98. The standard InChI is InChI=1S/C20H24ClN3O2/c1-23-16-11-13(21)5-6-14(16)20-17(23)12-18(26-20)15(7-8-19(22)25)24-9-3-2-4-10-24/h5-6,11-12,15H,2-4,7-10H2,1H3,(H2,22,25). The van der Waals surface area contributed by atoms with Crippen LogP contribution < -0.4 is 5.73 Å². The molecule has 1 saturated heterocycles. The number of rotatable bonds is 5. The van der Waals surface area contributed by atoms with E-state index in [1.165, 1.54) is 19.3 Å². The molecule has 2 N–H and O–H groups in total. The van der Waals surface area contributed by atoms with Gasteiger partial charge in [0.2, 0.25) is 5.91 Å². The van der Waals surface area contributed by atoms with Crippen LogP contribution in [0.1, 0.15) is 43.9 Å². The summed E-state index contributed by atoms with van der Waals surface area (Å²) in [4.78, 5) is 13.8. The van der Waals surface area contributed by atoms with Crippen molar-refractivity contribution in [3.05, 3.63) is 35.0 Å². The summed E-state index contributed by atoms with van der Waals surface area (Å²) in [6, 6.07) is 8.07. The minimum absolute atomic E-state index is 0.0950. The molecule has 3 heterocycles. The third kappa shape index (κ3) is 3.10. The Balaban J connectivity index is 1.76. The number of amides is 1. The first-order valence-corrected chi connectivity index (χ1v) is 9.62. The Labute approximate surface area is 157 Å². The van der Waals surface area contributed by atoms with E-state index < -0.39 is 0 Å². The van der Waals surface area contributed by atoms with Gasteiger partial charge in [-0.2, -0.15) is 0 Å². The molecule has 1 atom stereocenters. The number of hydrogen-bond acceptors (Lipinski definition) is 3. The zero-order valence-electron chi connectivity index (χ0n) is 15.0. The average molecular weight is 374 g/mol. The molecule has 1 aromatic carbocycles. The minimum atomic E-state index is -0.261. The van der Waals surface area contributed by atoms with E-state index in [1.807, 2.05) is 25.2 Å². The van der Waals surface area contributed by atoms with Crippen LogP contribution in [0.15, 0.2) is 28.7 Å². The molecular formula is C20H24ClN3O2. The van der Waals surface area contributed by atoms with Crippen molar-refractivity contribution < 1.29 is 9.21 Å². The number of likely N-dealkylation sites (tertiary alicyclic amines) is 1. The highest BCUT2D eigenvalue weighted by Gasteiger charge is 2.27. The summed E-state index contributed by atoms with van der Waals surface area (Å²) in [5.41, 5.74) is 8.41. The summed E-state index contributed by atoms with van der Waals surface area (Å²) in [7, 11) is 2.03. The van der Waals surface area contributed by atoms with Gasteiger partial charge in [0.1, 0.15) is 5.76 Å². The lowest BCUT2D eigenvalue weighted by atomic mass is 10.0. The van der Waals surface area contributed by atoms with E-state index in [-0.39, 0.29) is 11.9 Å². The van der Waals surface area contributed by atoms with Crippen molar-refractivity contribution in [3.63, 3.8) is 0 Å². The highest BCUT2D eigenvalue weighted by Crippen LogP contribution is 2.37. The van der Waals surface area contributed by atoms with E-state index in [0.29, 0.717) is 17.9 Å². The summed E-state index contributed by atoms with van der Waals surface area (Å²) in [6.45, 7) is 2.08. The van der Waals surface area contributed by atoms with Crippen LogP contribution in [0.25, 0.3) is 22.0 Å². The van der Waals surface area contributed by atoms with Crippen LogP contribution in [-0.2, 0) is 11.8 Å². The number of hydrogen-bond donors (Lipinski definition) is 1. The van der Waals surface area contributed by atoms with Crippen LogP contribution >= 0.6 is 11.6 Å². The van der Waals surface area contributed by atoms with Crippen LogP contribution in [0.2, 0.25) is 5.02 Å². The fourth-order valence-corrected chi connectivity index (χ4v) is 4.29. The molecule has 0 saturated carbocycles. The number of fused-ring (bicyclic) bond motifs is 3. The van der Waals surface area contributed by atoms with Gasteiger partial charge in [0.05, 0.1) is 17.1 Å². The molecule has 6 heteroatoms. The molecule has 1 aliphatic heterocycles. The van der Waals surface area contributed by atoms with Crippen molar-refractivity contribution in [2.75, 3.05) is 13.1 Å². The van der Waals surface area contributed by atoms with Crippen molar-refractivity contribution in [3.8, 4) is 0 Å². The van der Waals surface area contributed by atoms with Crippen molar-refractivity contribution in [2.45, 2.75) is 38.1 Å². The zero-order chi connectivity index (χ0) is 18.3. The van der Waals surface area contributed by atoms with Crippen molar-refractivity contribution >= 4 is 39.5 Å². The molecule has 2 aromatic heterocycles. The molecule has 4 rings (SSSR count). The number of nitrogens with zero attached hydrogens (tertiary/aromatic N) is 2. The summed E-state index contributed by atoms with van der Waals surface area (Å²) >= 11 is 6.15. The fraction of sp³-hybridized carbons (Fsp3) is 0.450. The van der Waals surface area contributed by atoms with E-state index in [0.717, 1.165) is 40.9 Å². The Morgan fingerprint density at radius 3 is 2.73 bits per heavy atom.